The lowest BCUT2D eigenvalue weighted by molar-refractivity contribution is 0.103. The van der Waals surface area contributed by atoms with E-state index >= 15 is 0 Å². The number of benzene rings is 1. The van der Waals surface area contributed by atoms with Gasteiger partial charge in [-0.25, -0.2) is 4.98 Å². The van der Waals surface area contributed by atoms with Crippen LogP contribution < -0.4 is 5.32 Å². The summed E-state index contributed by atoms with van der Waals surface area (Å²) in [6, 6.07) is 6.64. The Hall–Kier alpha value is -1.39. The van der Waals surface area contributed by atoms with Crippen molar-refractivity contribution in [1.82, 2.24) is 20.2 Å². The predicted octanol–water partition coefficient (Wildman–Crippen LogP) is 2.27. The van der Waals surface area contributed by atoms with Gasteiger partial charge in [-0.1, -0.05) is 13.0 Å². The van der Waals surface area contributed by atoms with Gasteiger partial charge in [0, 0.05) is 38.1 Å². The fourth-order valence-electron chi connectivity index (χ4n) is 3.02. The highest BCUT2D eigenvalue weighted by molar-refractivity contribution is 5.76. The van der Waals surface area contributed by atoms with Gasteiger partial charge in [0.2, 0.25) is 0 Å². The van der Waals surface area contributed by atoms with Gasteiger partial charge in [0.05, 0.1) is 11.0 Å². The van der Waals surface area contributed by atoms with E-state index in [0.29, 0.717) is 0 Å². The zero-order valence-corrected chi connectivity index (χ0v) is 12.7. The summed E-state index contributed by atoms with van der Waals surface area (Å²) in [6.45, 7) is 11.1. The number of imidazole rings is 1. The normalized spacial score (nSPS) is 17.8. The molecule has 4 nitrogen and oxygen atoms in total. The number of hydrogen-bond donors (Lipinski definition) is 2. The number of H-pyrrole nitrogens is 1. The average molecular weight is 272 g/mol. The third kappa shape index (κ3) is 2.34. The first-order chi connectivity index (χ1) is 9.61. The maximum absolute atomic E-state index is 4.59. The molecule has 0 aliphatic carbocycles. The van der Waals surface area contributed by atoms with Crippen molar-refractivity contribution in [2.45, 2.75) is 32.7 Å². The Morgan fingerprint density at radius 2 is 2.00 bits per heavy atom. The highest BCUT2D eigenvalue weighted by Gasteiger charge is 2.29. The van der Waals surface area contributed by atoms with Gasteiger partial charge in [-0.2, -0.15) is 0 Å². The lowest BCUT2D eigenvalue weighted by atomic mass is 9.91. The summed E-state index contributed by atoms with van der Waals surface area (Å²) < 4.78 is 0. The molecular weight excluding hydrogens is 248 g/mol. The van der Waals surface area contributed by atoms with E-state index in [0.717, 1.165) is 49.5 Å². The van der Waals surface area contributed by atoms with Gasteiger partial charge >= 0.3 is 0 Å². The molecule has 1 aliphatic heterocycles. The van der Waals surface area contributed by atoms with Gasteiger partial charge in [0.15, 0.2) is 0 Å². The molecule has 2 N–H and O–H groups in total. The monoisotopic (exact) mass is 272 g/mol. The van der Waals surface area contributed by atoms with Gasteiger partial charge in [-0.3, -0.25) is 4.90 Å². The number of fused-ring (bicyclic) bond motifs is 1. The van der Waals surface area contributed by atoms with Crippen LogP contribution in [0.1, 0.15) is 32.2 Å². The van der Waals surface area contributed by atoms with Crippen LogP contribution in [0.15, 0.2) is 18.2 Å². The largest absolute Gasteiger partial charge is 0.342 e. The van der Waals surface area contributed by atoms with E-state index < -0.39 is 0 Å². The highest BCUT2D eigenvalue weighted by atomic mass is 15.2. The van der Waals surface area contributed by atoms with Gasteiger partial charge < -0.3 is 10.3 Å². The summed E-state index contributed by atoms with van der Waals surface area (Å²) in [6.07, 6.45) is 0.950. The fourth-order valence-corrected chi connectivity index (χ4v) is 3.02. The summed E-state index contributed by atoms with van der Waals surface area (Å²) in [5.74, 6) is 1.07. The fraction of sp³-hybridized carbons (Fsp3) is 0.562. The quantitative estimate of drug-likeness (QED) is 0.901. The van der Waals surface area contributed by atoms with Crippen LogP contribution in [0.25, 0.3) is 11.0 Å². The molecule has 1 saturated heterocycles. The lowest BCUT2D eigenvalue weighted by Crippen LogP contribution is -2.51. The molecule has 0 saturated carbocycles. The molecule has 0 atom stereocenters. The number of nitrogens with one attached hydrogen (secondary N) is 2. The van der Waals surface area contributed by atoms with Crippen LogP contribution in [0, 0.1) is 0 Å². The standard InChI is InChI=1S/C16H24N4/c1-4-15-18-13-6-5-12(11-14(13)19-15)16(2,3)20-9-7-17-8-10-20/h5-6,11,17H,4,7-10H2,1-3H3,(H,18,19). The second-order valence-electron chi connectivity index (χ2n) is 6.07. The second-order valence-corrected chi connectivity index (χ2v) is 6.07. The van der Waals surface area contributed by atoms with Crippen molar-refractivity contribution in [2.24, 2.45) is 0 Å². The Morgan fingerprint density at radius 3 is 2.70 bits per heavy atom. The van der Waals surface area contributed by atoms with Crippen LogP contribution in [0.4, 0.5) is 0 Å². The van der Waals surface area contributed by atoms with E-state index in [4.69, 9.17) is 0 Å². The molecule has 1 aliphatic rings. The molecule has 1 aromatic heterocycles. The van der Waals surface area contributed by atoms with Crippen molar-refractivity contribution < 1.29 is 0 Å². The number of aromatic nitrogens is 2. The number of aryl methyl sites for hydroxylation is 1. The minimum atomic E-state index is 0.0633. The summed E-state index contributed by atoms with van der Waals surface area (Å²) >= 11 is 0. The predicted molar refractivity (Wildman–Crippen MR) is 82.9 cm³/mol. The number of aromatic amines is 1. The maximum atomic E-state index is 4.59. The van der Waals surface area contributed by atoms with Crippen molar-refractivity contribution in [3.8, 4) is 0 Å². The van der Waals surface area contributed by atoms with E-state index in [1.165, 1.54) is 5.56 Å². The van der Waals surface area contributed by atoms with Crippen molar-refractivity contribution in [3.05, 3.63) is 29.6 Å². The molecule has 1 fully saturated rings. The van der Waals surface area contributed by atoms with Gasteiger partial charge in [0.25, 0.3) is 0 Å². The molecular formula is C16H24N4. The number of hydrogen-bond acceptors (Lipinski definition) is 3. The van der Waals surface area contributed by atoms with Crippen LogP contribution in [0.2, 0.25) is 0 Å². The first kappa shape index (κ1) is 13.6. The van der Waals surface area contributed by atoms with E-state index in [2.05, 4.69) is 59.2 Å². The minimum Gasteiger partial charge on any atom is -0.342 e. The third-order valence-corrected chi connectivity index (χ3v) is 4.48. The third-order valence-electron chi connectivity index (χ3n) is 4.48. The van der Waals surface area contributed by atoms with Gasteiger partial charge in [0.1, 0.15) is 5.82 Å². The zero-order chi connectivity index (χ0) is 14.2. The first-order valence-corrected chi connectivity index (χ1v) is 7.56. The van der Waals surface area contributed by atoms with Crippen LogP contribution in [-0.4, -0.2) is 41.0 Å². The summed E-state index contributed by atoms with van der Waals surface area (Å²) in [7, 11) is 0. The molecule has 2 heterocycles. The van der Waals surface area contributed by atoms with Crippen molar-refractivity contribution >= 4 is 11.0 Å². The van der Waals surface area contributed by atoms with E-state index in [1.807, 2.05) is 0 Å². The van der Waals surface area contributed by atoms with E-state index in [1.54, 1.807) is 0 Å². The van der Waals surface area contributed by atoms with Gasteiger partial charge in [-0.05, 0) is 31.5 Å². The molecule has 4 heteroatoms. The van der Waals surface area contributed by atoms with Crippen LogP contribution in [0.5, 0.6) is 0 Å². The molecule has 0 amide bonds. The summed E-state index contributed by atoms with van der Waals surface area (Å²) in [5.41, 5.74) is 3.65. The molecule has 0 unspecified atom stereocenters. The Bertz CT molecular complexity index is 594. The topological polar surface area (TPSA) is 44.0 Å². The summed E-state index contributed by atoms with van der Waals surface area (Å²) in [5, 5.41) is 3.42. The smallest absolute Gasteiger partial charge is 0.106 e. The van der Waals surface area contributed by atoms with Crippen molar-refractivity contribution in [3.63, 3.8) is 0 Å². The Balaban J connectivity index is 1.95. The Morgan fingerprint density at radius 1 is 1.25 bits per heavy atom. The molecule has 20 heavy (non-hydrogen) atoms. The molecule has 3 rings (SSSR count). The highest BCUT2D eigenvalue weighted by Crippen LogP contribution is 2.29. The SMILES string of the molecule is CCc1nc2ccc(C(C)(C)N3CCNCC3)cc2[nH]1. The van der Waals surface area contributed by atoms with Crippen LogP contribution >= 0.6 is 0 Å². The lowest BCUT2D eigenvalue weighted by Gasteiger charge is -2.41. The minimum absolute atomic E-state index is 0.0633. The van der Waals surface area contributed by atoms with E-state index in [9.17, 15) is 0 Å². The second kappa shape index (κ2) is 5.19. The maximum Gasteiger partial charge on any atom is 0.106 e. The number of piperazine rings is 1. The first-order valence-electron chi connectivity index (χ1n) is 7.56. The molecule has 0 spiro atoms. The van der Waals surface area contributed by atoms with Crippen molar-refractivity contribution in [1.29, 1.82) is 0 Å². The zero-order valence-electron chi connectivity index (χ0n) is 12.7. The van der Waals surface area contributed by atoms with E-state index in [-0.39, 0.29) is 5.54 Å². The Kier molecular flexibility index (Phi) is 3.52. The summed E-state index contributed by atoms with van der Waals surface area (Å²) in [4.78, 5) is 10.6. The van der Waals surface area contributed by atoms with Gasteiger partial charge in [-0.15, -0.1) is 0 Å². The molecule has 0 radical (unpaired) electrons. The Labute approximate surface area is 120 Å². The molecule has 1 aromatic carbocycles. The molecule has 0 bridgehead atoms. The van der Waals surface area contributed by atoms with Crippen LogP contribution in [-0.2, 0) is 12.0 Å². The number of rotatable bonds is 3. The van der Waals surface area contributed by atoms with Crippen LogP contribution in [0.3, 0.4) is 0 Å². The molecule has 108 valence electrons. The van der Waals surface area contributed by atoms with Crippen molar-refractivity contribution in [2.75, 3.05) is 26.2 Å². The number of nitrogens with zero attached hydrogens (tertiary/aromatic N) is 2. The average Bonchev–Trinajstić information content (AvgIpc) is 2.90. The molecule has 2 aromatic rings.